The summed E-state index contributed by atoms with van der Waals surface area (Å²) < 4.78 is 4.87. The second-order valence-corrected chi connectivity index (χ2v) is 3.32. The van der Waals surface area contributed by atoms with Crippen LogP contribution in [0.2, 0.25) is 0 Å². The molecule has 0 heterocycles. The molecule has 0 aromatic carbocycles. The Morgan fingerprint density at radius 3 is 2.71 bits per heavy atom. The molecular weight excluding hydrogens is 178 g/mol. The van der Waals surface area contributed by atoms with Gasteiger partial charge in [-0.25, -0.2) is 4.79 Å². The molecule has 1 N–H and O–H groups in total. The fraction of sp³-hybridized carbons (Fsp3) is 0.545. The van der Waals surface area contributed by atoms with Crippen molar-refractivity contribution < 1.29 is 9.53 Å². The number of hydrogen-bond acceptors (Lipinski definition) is 3. The van der Waals surface area contributed by atoms with Crippen LogP contribution >= 0.6 is 0 Å². The second kappa shape index (κ2) is 4.84. The van der Waals surface area contributed by atoms with Crippen molar-refractivity contribution in [2.45, 2.75) is 32.7 Å². The molecule has 0 aliphatic heterocycles. The number of esters is 1. The Morgan fingerprint density at radius 1 is 1.64 bits per heavy atom. The van der Waals surface area contributed by atoms with Crippen LogP contribution in [0.4, 0.5) is 0 Å². The summed E-state index contributed by atoms with van der Waals surface area (Å²) in [4.78, 5) is 11.3. The Bertz CT molecular complexity index is 264. The molecule has 0 aromatic rings. The number of rotatable bonds is 5. The van der Waals surface area contributed by atoms with Gasteiger partial charge in [-0.15, -0.1) is 0 Å². The third kappa shape index (κ3) is 2.91. The molecule has 0 radical (unpaired) electrons. The van der Waals surface area contributed by atoms with Gasteiger partial charge < -0.3 is 10.1 Å². The first kappa shape index (κ1) is 10.8. The summed E-state index contributed by atoms with van der Waals surface area (Å²) in [6.07, 6.45) is 4.21. The van der Waals surface area contributed by atoms with Gasteiger partial charge in [0.05, 0.1) is 12.2 Å². The largest absolute Gasteiger partial charge is 0.462 e. The number of carbonyl (C=O) groups excluding carboxylic acids is 1. The minimum atomic E-state index is -0.339. The summed E-state index contributed by atoms with van der Waals surface area (Å²) >= 11 is 0. The van der Waals surface area contributed by atoms with E-state index in [-0.39, 0.29) is 5.97 Å². The highest BCUT2D eigenvalue weighted by atomic mass is 16.5. The first-order valence-corrected chi connectivity index (χ1v) is 4.98. The van der Waals surface area contributed by atoms with Gasteiger partial charge in [-0.1, -0.05) is 12.7 Å². The predicted molar refractivity (Wildman–Crippen MR) is 55.7 cm³/mol. The first-order valence-electron chi connectivity index (χ1n) is 4.98. The van der Waals surface area contributed by atoms with Crippen molar-refractivity contribution in [3.05, 3.63) is 23.9 Å². The zero-order valence-electron chi connectivity index (χ0n) is 8.80. The molecule has 78 valence electrons. The van der Waals surface area contributed by atoms with Crippen molar-refractivity contribution in [1.29, 1.82) is 0 Å². The minimum absolute atomic E-state index is 0.339. The van der Waals surface area contributed by atoms with E-state index >= 15 is 0 Å². The third-order valence-corrected chi connectivity index (χ3v) is 2.07. The van der Waals surface area contributed by atoms with E-state index < -0.39 is 0 Å². The van der Waals surface area contributed by atoms with Crippen molar-refractivity contribution in [2.75, 3.05) is 6.61 Å². The number of allylic oxidation sites excluding steroid dienone is 1. The van der Waals surface area contributed by atoms with Crippen LogP contribution in [-0.4, -0.2) is 18.6 Å². The normalized spacial score (nSPS) is 16.3. The van der Waals surface area contributed by atoms with Crippen molar-refractivity contribution in [3.63, 3.8) is 0 Å². The van der Waals surface area contributed by atoms with Gasteiger partial charge >= 0.3 is 5.97 Å². The van der Waals surface area contributed by atoms with E-state index in [4.69, 9.17) is 4.74 Å². The van der Waals surface area contributed by atoms with Gasteiger partial charge in [0, 0.05) is 11.7 Å². The fourth-order valence-corrected chi connectivity index (χ4v) is 1.12. The lowest BCUT2D eigenvalue weighted by molar-refractivity contribution is -0.138. The van der Waals surface area contributed by atoms with Crippen molar-refractivity contribution in [3.8, 4) is 0 Å². The Hall–Kier alpha value is -1.25. The monoisotopic (exact) mass is 195 g/mol. The smallest absolute Gasteiger partial charge is 0.339 e. The number of ether oxygens (including phenoxy) is 1. The molecule has 0 atom stereocenters. The molecule has 1 aliphatic rings. The quantitative estimate of drug-likeness (QED) is 0.412. The Labute approximate surface area is 84.8 Å². The van der Waals surface area contributed by atoms with Crippen molar-refractivity contribution in [1.82, 2.24) is 5.32 Å². The number of nitrogens with one attached hydrogen (secondary N) is 1. The van der Waals surface area contributed by atoms with Gasteiger partial charge in [0.2, 0.25) is 0 Å². The van der Waals surface area contributed by atoms with Crippen LogP contribution in [0.15, 0.2) is 23.9 Å². The lowest BCUT2D eigenvalue weighted by atomic mass is 10.2. The van der Waals surface area contributed by atoms with Crippen LogP contribution in [-0.2, 0) is 9.53 Å². The highest BCUT2D eigenvalue weighted by molar-refractivity contribution is 5.92. The maximum atomic E-state index is 11.3. The van der Waals surface area contributed by atoms with Crippen LogP contribution in [0.5, 0.6) is 0 Å². The molecule has 1 fully saturated rings. The maximum Gasteiger partial charge on any atom is 0.339 e. The van der Waals surface area contributed by atoms with Gasteiger partial charge in [0.15, 0.2) is 0 Å². The van der Waals surface area contributed by atoms with E-state index in [9.17, 15) is 4.79 Å². The van der Waals surface area contributed by atoms with Crippen molar-refractivity contribution in [2.24, 2.45) is 0 Å². The number of carbonyl (C=O) groups is 1. The lowest BCUT2D eigenvalue weighted by Gasteiger charge is -2.11. The second-order valence-electron chi connectivity index (χ2n) is 3.32. The van der Waals surface area contributed by atoms with Crippen LogP contribution in [0.3, 0.4) is 0 Å². The molecule has 3 heteroatoms. The standard InChI is InChI=1S/C11H17NO2/c1-4-10(12-9-6-7-9)8(3)11(13)14-5-2/h4,9,12H,3,5-7H2,1-2H3/b10-4+. The van der Waals surface area contributed by atoms with Gasteiger partial charge in [0.1, 0.15) is 0 Å². The van der Waals surface area contributed by atoms with Crippen LogP contribution < -0.4 is 5.32 Å². The van der Waals surface area contributed by atoms with E-state index in [0.717, 1.165) is 5.70 Å². The van der Waals surface area contributed by atoms with Gasteiger partial charge in [0.25, 0.3) is 0 Å². The fourth-order valence-electron chi connectivity index (χ4n) is 1.12. The highest BCUT2D eigenvalue weighted by Gasteiger charge is 2.23. The first-order chi connectivity index (χ1) is 6.69. The molecule has 3 nitrogen and oxygen atoms in total. The minimum Gasteiger partial charge on any atom is -0.462 e. The Kier molecular flexibility index (Phi) is 3.74. The van der Waals surface area contributed by atoms with E-state index in [1.54, 1.807) is 6.92 Å². The van der Waals surface area contributed by atoms with Gasteiger partial charge in [-0.3, -0.25) is 0 Å². The Balaban J connectivity index is 2.50. The summed E-state index contributed by atoms with van der Waals surface area (Å²) in [7, 11) is 0. The molecule has 1 rings (SSSR count). The molecular formula is C11H17NO2. The topological polar surface area (TPSA) is 38.3 Å². The Morgan fingerprint density at radius 2 is 2.29 bits per heavy atom. The van der Waals surface area contributed by atoms with Crippen LogP contribution in [0.25, 0.3) is 0 Å². The van der Waals surface area contributed by atoms with Crippen molar-refractivity contribution >= 4 is 5.97 Å². The van der Waals surface area contributed by atoms with E-state index in [1.807, 2.05) is 13.0 Å². The molecule has 0 aromatic heterocycles. The third-order valence-electron chi connectivity index (χ3n) is 2.07. The van der Waals surface area contributed by atoms with Gasteiger partial charge in [-0.05, 0) is 26.7 Å². The highest BCUT2D eigenvalue weighted by Crippen LogP contribution is 2.22. The average Bonchev–Trinajstić information content (AvgIpc) is 2.97. The predicted octanol–water partition coefficient (Wildman–Crippen LogP) is 1.76. The molecule has 0 amide bonds. The molecule has 14 heavy (non-hydrogen) atoms. The maximum absolute atomic E-state index is 11.3. The zero-order chi connectivity index (χ0) is 10.6. The molecule has 0 unspecified atom stereocenters. The number of hydrogen-bond donors (Lipinski definition) is 1. The van der Waals surface area contributed by atoms with Gasteiger partial charge in [-0.2, -0.15) is 0 Å². The molecule has 0 spiro atoms. The van der Waals surface area contributed by atoms with Crippen LogP contribution in [0, 0.1) is 0 Å². The average molecular weight is 195 g/mol. The summed E-state index contributed by atoms with van der Waals surface area (Å²) in [5.74, 6) is -0.339. The summed E-state index contributed by atoms with van der Waals surface area (Å²) in [6, 6.07) is 0.521. The van der Waals surface area contributed by atoms with E-state index in [1.165, 1.54) is 12.8 Å². The summed E-state index contributed by atoms with van der Waals surface area (Å²) in [5, 5.41) is 3.24. The molecule has 1 saturated carbocycles. The molecule has 0 bridgehead atoms. The lowest BCUT2D eigenvalue weighted by Crippen LogP contribution is -2.21. The van der Waals surface area contributed by atoms with E-state index in [2.05, 4.69) is 11.9 Å². The zero-order valence-corrected chi connectivity index (χ0v) is 8.80. The SMILES string of the molecule is C=C(C(=O)OCC)/C(=C\C)NC1CC1. The summed E-state index contributed by atoms with van der Waals surface area (Å²) in [5.41, 5.74) is 1.22. The molecule has 0 saturated heterocycles. The summed E-state index contributed by atoms with van der Waals surface area (Å²) in [6.45, 7) is 7.78. The van der Waals surface area contributed by atoms with Crippen LogP contribution in [0.1, 0.15) is 26.7 Å². The van der Waals surface area contributed by atoms with E-state index in [0.29, 0.717) is 18.2 Å². The molecule has 1 aliphatic carbocycles.